The highest BCUT2D eigenvalue weighted by atomic mass is 32.3. The van der Waals surface area contributed by atoms with Crippen molar-refractivity contribution in [2.24, 2.45) is 0 Å². The standard InChI is InChI=1S/C4H3FO6S3/c5-3-2(13(6,7)8)1-12-4(3)14(9,10)11/h1H,(H,6,7,8)(H,9,10,11). The molecule has 0 spiro atoms. The quantitative estimate of drug-likeness (QED) is 0.746. The lowest BCUT2D eigenvalue weighted by atomic mass is 10.6. The van der Waals surface area contributed by atoms with Crippen LogP contribution >= 0.6 is 11.3 Å². The molecule has 0 aliphatic carbocycles. The topological polar surface area (TPSA) is 109 Å². The summed E-state index contributed by atoms with van der Waals surface area (Å²) in [6, 6.07) is 0. The van der Waals surface area contributed by atoms with Crippen LogP contribution in [0.15, 0.2) is 14.5 Å². The summed E-state index contributed by atoms with van der Waals surface area (Å²) in [5.74, 6) is -1.68. The highest BCUT2D eigenvalue weighted by Crippen LogP contribution is 2.28. The number of halogens is 1. The largest absolute Gasteiger partial charge is 0.307 e. The third-order valence-electron chi connectivity index (χ3n) is 1.18. The Morgan fingerprint density at radius 2 is 1.64 bits per heavy atom. The zero-order valence-corrected chi connectivity index (χ0v) is 8.66. The van der Waals surface area contributed by atoms with Gasteiger partial charge < -0.3 is 0 Å². The molecule has 10 heteroatoms. The Labute approximate surface area is 82.5 Å². The maximum Gasteiger partial charge on any atom is 0.307 e. The molecule has 1 aromatic rings. The molecule has 0 bridgehead atoms. The van der Waals surface area contributed by atoms with Gasteiger partial charge in [-0.3, -0.25) is 9.11 Å². The molecule has 1 rings (SSSR count). The lowest BCUT2D eigenvalue weighted by Crippen LogP contribution is -2.02. The predicted octanol–water partition coefficient (Wildman–Crippen LogP) is 0.381. The molecular formula is C4H3FO6S3. The van der Waals surface area contributed by atoms with E-state index in [2.05, 4.69) is 0 Å². The van der Waals surface area contributed by atoms with E-state index in [0.717, 1.165) is 0 Å². The molecule has 0 fully saturated rings. The van der Waals surface area contributed by atoms with Gasteiger partial charge in [-0.25, -0.2) is 4.39 Å². The summed E-state index contributed by atoms with van der Waals surface area (Å²) in [5, 5.41) is 0.577. The highest BCUT2D eigenvalue weighted by Gasteiger charge is 2.27. The van der Waals surface area contributed by atoms with Crippen molar-refractivity contribution in [3.8, 4) is 0 Å². The molecule has 1 aromatic heterocycles. The third-order valence-corrected chi connectivity index (χ3v) is 4.50. The van der Waals surface area contributed by atoms with Gasteiger partial charge in [0.15, 0.2) is 10.0 Å². The van der Waals surface area contributed by atoms with E-state index in [4.69, 9.17) is 9.11 Å². The fourth-order valence-corrected chi connectivity index (χ4v) is 3.25. The zero-order valence-electron chi connectivity index (χ0n) is 6.21. The number of rotatable bonds is 2. The van der Waals surface area contributed by atoms with Crippen molar-refractivity contribution in [3.05, 3.63) is 11.2 Å². The van der Waals surface area contributed by atoms with Crippen molar-refractivity contribution < 1.29 is 30.3 Å². The van der Waals surface area contributed by atoms with Gasteiger partial charge in [-0.05, 0) is 0 Å². The molecule has 0 saturated heterocycles. The lowest BCUT2D eigenvalue weighted by molar-refractivity contribution is 0.465. The molecule has 6 nitrogen and oxygen atoms in total. The molecule has 2 N–H and O–H groups in total. The van der Waals surface area contributed by atoms with Crippen molar-refractivity contribution in [1.82, 2.24) is 0 Å². The number of thiophene rings is 1. The average molecular weight is 262 g/mol. The third kappa shape index (κ3) is 2.09. The van der Waals surface area contributed by atoms with E-state index in [0.29, 0.717) is 5.38 Å². The summed E-state index contributed by atoms with van der Waals surface area (Å²) < 4.78 is 70.4. The Hall–Kier alpha value is -0.550. The molecule has 80 valence electrons. The molecule has 0 radical (unpaired) electrons. The zero-order chi connectivity index (χ0) is 11.1. The monoisotopic (exact) mass is 262 g/mol. The first kappa shape index (κ1) is 11.5. The summed E-state index contributed by atoms with van der Waals surface area (Å²) >= 11 is 0.158. The normalized spacial score (nSPS) is 13.1. The van der Waals surface area contributed by atoms with Crippen LogP contribution in [0.2, 0.25) is 0 Å². The Morgan fingerprint density at radius 1 is 1.14 bits per heavy atom. The Morgan fingerprint density at radius 3 is 1.86 bits per heavy atom. The second-order valence-corrected chi connectivity index (χ2v) is 6.04. The van der Waals surface area contributed by atoms with E-state index in [1.165, 1.54) is 0 Å². The molecular weight excluding hydrogens is 259 g/mol. The Kier molecular flexibility index (Phi) is 2.67. The molecule has 0 amide bonds. The maximum absolute atomic E-state index is 13.0. The highest BCUT2D eigenvalue weighted by molar-refractivity contribution is 7.88. The second kappa shape index (κ2) is 3.24. The van der Waals surface area contributed by atoms with Crippen molar-refractivity contribution in [2.45, 2.75) is 9.10 Å². The van der Waals surface area contributed by atoms with Crippen LogP contribution in [0.25, 0.3) is 0 Å². The van der Waals surface area contributed by atoms with Crippen LogP contribution in [-0.2, 0) is 20.2 Å². The maximum atomic E-state index is 13.0. The molecule has 0 saturated carbocycles. The lowest BCUT2D eigenvalue weighted by Gasteiger charge is -1.92. The van der Waals surface area contributed by atoms with Gasteiger partial charge in [0.1, 0.15) is 4.90 Å². The summed E-state index contributed by atoms with van der Waals surface area (Å²) in [7, 11) is -9.62. The predicted molar refractivity (Wildman–Crippen MR) is 43.9 cm³/mol. The first-order chi connectivity index (χ1) is 6.14. The second-order valence-electron chi connectivity index (χ2n) is 2.15. The van der Waals surface area contributed by atoms with Crippen LogP contribution in [0.5, 0.6) is 0 Å². The minimum atomic E-state index is -4.81. The van der Waals surface area contributed by atoms with Crippen LogP contribution in [0, 0.1) is 5.82 Å². The van der Waals surface area contributed by atoms with Gasteiger partial charge >= 0.3 is 10.1 Å². The summed E-state index contributed by atoms with van der Waals surface area (Å²) in [4.78, 5) is -1.17. The van der Waals surface area contributed by atoms with Gasteiger partial charge in [-0.1, -0.05) is 0 Å². The molecule has 1 heterocycles. The molecule has 0 atom stereocenters. The summed E-state index contributed by atoms with van der Waals surface area (Å²) in [5.41, 5.74) is 0. The van der Waals surface area contributed by atoms with Gasteiger partial charge in [-0.15, -0.1) is 11.3 Å². The molecule has 0 aliphatic heterocycles. The van der Waals surface area contributed by atoms with Crippen LogP contribution in [-0.4, -0.2) is 25.9 Å². The average Bonchev–Trinajstić information content (AvgIpc) is 2.26. The van der Waals surface area contributed by atoms with Gasteiger partial charge in [0, 0.05) is 5.38 Å². The van der Waals surface area contributed by atoms with Crippen molar-refractivity contribution in [1.29, 1.82) is 0 Å². The smallest absolute Gasteiger partial charge is 0.282 e. The van der Waals surface area contributed by atoms with E-state index in [1.807, 2.05) is 0 Å². The van der Waals surface area contributed by atoms with Crippen molar-refractivity contribution in [3.63, 3.8) is 0 Å². The minimum Gasteiger partial charge on any atom is -0.282 e. The Balaban J connectivity index is 3.53. The van der Waals surface area contributed by atoms with Crippen molar-refractivity contribution >= 4 is 31.6 Å². The fraction of sp³-hybridized carbons (Fsp3) is 0. The SMILES string of the molecule is O=S(=O)(O)c1csc(S(=O)(=O)O)c1F. The van der Waals surface area contributed by atoms with Crippen molar-refractivity contribution in [2.75, 3.05) is 0 Å². The van der Waals surface area contributed by atoms with Crippen LogP contribution in [0.3, 0.4) is 0 Å². The fourth-order valence-electron chi connectivity index (χ4n) is 0.659. The number of hydrogen-bond donors (Lipinski definition) is 2. The Bertz CT molecular complexity index is 502. The summed E-state index contributed by atoms with van der Waals surface area (Å²) in [6.45, 7) is 0. The first-order valence-electron chi connectivity index (χ1n) is 2.86. The van der Waals surface area contributed by atoms with Gasteiger partial charge in [0.05, 0.1) is 0 Å². The van der Waals surface area contributed by atoms with Gasteiger partial charge in [0.2, 0.25) is 0 Å². The van der Waals surface area contributed by atoms with E-state index >= 15 is 0 Å². The van der Waals surface area contributed by atoms with Crippen LogP contribution in [0.4, 0.5) is 4.39 Å². The van der Waals surface area contributed by atoms with E-state index in [-0.39, 0.29) is 11.3 Å². The van der Waals surface area contributed by atoms with E-state index in [9.17, 15) is 21.2 Å². The first-order valence-corrected chi connectivity index (χ1v) is 6.62. The summed E-state index contributed by atoms with van der Waals surface area (Å²) in [6.07, 6.45) is 0. The van der Waals surface area contributed by atoms with Gasteiger partial charge in [0.25, 0.3) is 10.1 Å². The number of hydrogen-bond acceptors (Lipinski definition) is 5. The van der Waals surface area contributed by atoms with E-state index in [1.54, 1.807) is 0 Å². The molecule has 0 unspecified atom stereocenters. The molecule has 0 aromatic carbocycles. The van der Waals surface area contributed by atoms with Gasteiger partial charge in [-0.2, -0.15) is 16.8 Å². The van der Waals surface area contributed by atoms with Crippen LogP contribution in [0.1, 0.15) is 0 Å². The van der Waals surface area contributed by atoms with Crippen LogP contribution < -0.4 is 0 Å². The van der Waals surface area contributed by atoms with E-state index < -0.39 is 35.2 Å². The minimum absolute atomic E-state index is 0.158. The molecule has 14 heavy (non-hydrogen) atoms. The molecule has 0 aliphatic rings.